The van der Waals surface area contributed by atoms with Crippen molar-refractivity contribution in [2.24, 2.45) is 0 Å². The molecule has 0 spiro atoms. The van der Waals surface area contributed by atoms with Crippen LogP contribution in [0, 0.1) is 11.6 Å². The van der Waals surface area contributed by atoms with E-state index in [2.05, 4.69) is 0 Å². The fourth-order valence-corrected chi connectivity index (χ4v) is 4.24. The topological polar surface area (TPSA) is 48.0 Å². The molecule has 1 unspecified atom stereocenters. The summed E-state index contributed by atoms with van der Waals surface area (Å²) in [4.78, 5) is 14.0. The molecule has 0 N–H and O–H groups in total. The molecule has 1 aliphatic rings. The lowest BCUT2D eigenvalue weighted by atomic mass is 10.1. The first-order valence-corrected chi connectivity index (χ1v) is 9.18. The summed E-state index contributed by atoms with van der Waals surface area (Å²) in [5, 5.41) is -0.392. The Balaban J connectivity index is 1.99. The molecule has 5 nitrogen and oxygen atoms in total. The highest BCUT2D eigenvalue weighted by atomic mass is 32.2. The van der Waals surface area contributed by atoms with Gasteiger partial charge < -0.3 is 19.1 Å². The van der Waals surface area contributed by atoms with Crippen LogP contribution in [0.1, 0.15) is 16.5 Å². The summed E-state index contributed by atoms with van der Waals surface area (Å²) in [5.41, 5.74) is 0.963. The van der Waals surface area contributed by atoms with Crippen molar-refractivity contribution in [3.8, 4) is 17.2 Å². The second kappa shape index (κ2) is 8.04. The van der Waals surface area contributed by atoms with Crippen LogP contribution in [0.5, 0.6) is 17.2 Å². The van der Waals surface area contributed by atoms with Gasteiger partial charge in [0, 0.05) is 17.2 Å². The molecule has 1 aliphatic heterocycles. The third kappa shape index (κ3) is 3.66. The summed E-state index contributed by atoms with van der Waals surface area (Å²) in [7, 11) is 4.53. The zero-order chi connectivity index (χ0) is 19.6. The Bertz CT molecular complexity index is 862. The van der Waals surface area contributed by atoms with E-state index in [-0.39, 0.29) is 23.8 Å². The molecule has 1 heterocycles. The number of hydrogen-bond donors (Lipinski definition) is 0. The Morgan fingerprint density at radius 2 is 1.81 bits per heavy atom. The van der Waals surface area contributed by atoms with E-state index >= 15 is 0 Å². The molecule has 1 fully saturated rings. The summed E-state index contributed by atoms with van der Waals surface area (Å²) in [6, 6.07) is 6.87. The predicted octanol–water partition coefficient (Wildman–Crippen LogP) is 3.76. The summed E-state index contributed by atoms with van der Waals surface area (Å²) < 4.78 is 43.5. The second-order valence-corrected chi connectivity index (χ2v) is 6.91. The number of ether oxygens (including phenoxy) is 3. The Labute approximate surface area is 160 Å². The highest BCUT2D eigenvalue weighted by Crippen LogP contribution is 2.49. The maximum atomic E-state index is 14.1. The predicted molar refractivity (Wildman–Crippen MR) is 98.2 cm³/mol. The molecule has 0 radical (unpaired) electrons. The molecule has 1 atom stereocenters. The van der Waals surface area contributed by atoms with Crippen LogP contribution in [0.4, 0.5) is 8.78 Å². The SMILES string of the molecule is COc1ccc(C2SCC(=O)N2Cc2ccc(F)cc2F)c(OC)c1OC. The number of thioether (sulfide) groups is 1. The molecule has 0 saturated carbocycles. The van der Waals surface area contributed by atoms with Gasteiger partial charge in [-0.2, -0.15) is 0 Å². The van der Waals surface area contributed by atoms with Crippen molar-refractivity contribution < 1.29 is 27.8 Å². The fourth-order valence-electron chi connectivity index (χ4n) is 3.03. The largest absolute Gasteiger partial charge is 0.493 e. The Morgan fingerprint density at radius 3 is 2.44 bits per heavy atom. The monoisotopic (exact) mass is 395 g/mol. The van der Waals surface area contributed by atoms with E-state index in [4.69, 9.17) is 14.2 Å². The van der Waals surface area contributed by atoms with Crippen LogP contribution in [0.2, 0.25) is 0 Å². The third-order valence-corrected chi connectivity index (χ3v) is 5.56. The van der Waals surface area contributed by atoms with Gasteiger partial charge in [0.2, 0.25) is 11.7 Å². The van der Waals surface area contributed by atoms with Gasteiger partial charge in [0.05, 0.1) is 33.6 Å². The van der Waals surface area contributed by atoms with Crippen LogP contribution in [0.15, 0.2) is 30.3 Å². The molecule has 8 heteroatoms. The summed E-state index contributed by atoms with van der Waals surface area (Å²) in [5.74, 6) is 0.160. The lowest BCUT2D eigenvalue weighted by molar-refractivity contribution is -0.128. The number of methoxy groups -OCH3 is 3. The van der Waals surface area contributed by atoms with E-state index in [0.717, 1.165) is 6.07 Å². The molecule has 0 aliphatic carbocycles. The smallest absolute Gasteiger partial charge is 0.234 e. The minimum absolute atomic E-state index is 0.0279. The highest BCUT2D eigenvalue weighted by Gasteiger charge is 2.36. The Morgan fingerprint density at radius 1 is 1.07 bits per heavy atom. The van der Waals surface area contributed by atoms with Gasteiger partial charge in [0.1, 0.15) is 17.0 Å². The van der Waals surface area contributed by atoms with E-state index < -0.39 is 17.0 Å². The van der Waals surface area contributed by atoms with E-state index in [1.165, 1.54) is 45.2 Å². The molecule has 0 aromatic heterocycles. The number of carbonyl (C=O) groups excluding carboxylic acids is 1. The average molecular weight is 395 g/mol. The van der Waals surface area contributed by atoms with Crippen molar-refractivity contribution >= 4 is 17.7 Å². The van der Waals surface area contributed by atoms with Gasteiger partial charge in [0.25, 0.3) is 0 Å². The molecule has 144 valence electrons. The number of nitrogens with zero attached hydrogens (tertiary/aromatic N) is 1. The molecule has 1 amide bonds. The second-order valence-electron chi connectivity index (χ2n) is 5.84. The lowest BCUT2D eigenvalue weighted by Gasteiger charge is -2.27. The standard InChI is InChI=1S/C19H19F2NO4S/c1-24-15-7-6-13(17(25-2)18(15)26-3)19-22(16(23)10-27-19)9-11-4-5-12(20)8-14(11)21/h4-8,19H,9-10H2,1-3H3. The Kier molecular flexibility index (Phi) is 5.74. The van der Waals surface area contributed by atoms with Crippen molar-refractivity contribution in [1.29, 1.82) is 0 Å². The quantitative estimate of drug-likeness (QED) is 0.745. The van der Waals surface area contributed by atoms with Gasteiger partial charge in [-0.3, -0.25) is 4.79 Å². The van der Waals surface area contributed by atoms with Gasteiger partial charge in [-0.05, 0) is 18.2 Å². The van der Waals surface area contributed by atoms with E-state index in [1.54, 1.807) is 17.0 Å². The van der Waals surface area contributed by atoms with Crippen molar-refractivity contribution in [2.45, 2.75) is 11.9 Å². The number of amides is 1. The third-order valence-electron chi connectivity index (χ3n) is 4.32. The van der Waals surface area contributed by atoms with Gasteiger partial charge in [-0.15, -0.1) is 11.8 Å². The first-order valence-electron chi connectivity index (χ1n) is 8.14. The van der Waals surface area contributed by atoms with Crippen LogP contribution < -0.4 is 14.2 Å². The van der Waals surface area contributed by atoms with Crippen molar-refractivity contribution in [1.82, 2.24) is 4.90 Å². The number of hydrogen-bond acceptors (Lipinski definition) is 5. The molecule has 27 heavy (non-hydrogen) atoms. The number of rotatable bonds is 6. The molecule has 2 aromatic carbocycles. The molecule has 2 aromatic rings. The van der Waals surface area contributed by atoms with Crippen LogP contribution in [0.3, 0.4) is 0 Å². The van der Waals surface area contributed by atoms with Gasteiger partial charge in [0.15, 0.2) is 11.5 Å². The van der Waals surface area contributed by atoms with Crippen molar-refractivity contribution in [3.05, 3.63) is 53.1 Å². The van der Waals surface area contributed by atoms with Gasteiger partial charge in [-0.1, -0.05) is 6.07 Å². The maximum absolute atomic E-state index is 14.1. The summed E-state index contributed by atoms with van der Waals surface area (Å²) in [6.07, 6.45) is 0. The first kappa shape index (κ1) is 19.3. The zero-order valence-corrected chi connectivity index (χ0v) is 15.9. The van der Waals surface area contributed by atoms with Gasteiger partial charge >= 0.3 is 0 Å². The van der Waals surface area contributed by atoms with E-state index in [1.807, 2.05) is 0 Å². The molecular formula is C19H19F2NO4S. The maximum Gasteiger partial charge on any atom is 0.234 e. The van der Waals surface area contributed by atoms with Crippen molar-refractivity contribution in [3.63, 3.8) is 0 Å². The molecule has 3 rings (SSSR count). The number of halogens is 2. The molecule has 1 saturated heterocycles. The summed E-state index contributed by atoms with van der Waals surface area (Å²) >= 11 is 1.41. The molecule has 0 bridgehead atoms. The zero-order valence-electron chi connectivity index (χ0n) is 15.1. The normalized spacial score (nSPS) is 16.6. The van der Waals surface area contributed by atoms with Crippen LogP contribution >= 0.6 is 11.8 Å². The number of carbonyl (C=O) groups is 1. The fraction of sp³-hybridized carbons (Fsp3) is 0.316. The van der Waals surface area contributed by atoms with Crippen molar-refractivity contribution in [2.75, 3.05) is 27.1 Å². The van der Waals surface area contributed by atoms with Gasteiger partial charge in [-0.25, -0.2) is 8.78 Å². The first-order chi connectivity index (χ1) is 13.0. The van der Waals surface area contributed by atoms with Crippen LogP contribution in [-0.4, -0.2) is 37.9 Å². The Hall–Kier alpha value is -2.48. The van der Waals surface area contributed by atoms with E-state index in [9.17, 15) is 13.6 Å². The average Bonchev–Trinajstić information content (AvgIpc) is 3.02. The number of benzene rings is 2. The summed E-state index contributed by atoms with van der Waals surface area (Å²) in [6.45, 7) is 0.0279. The van der Waals surface area contributed by atoms with Crippen LogP contribution in [-0.2, 0) is 11.3 Å². The molecular weight excluding hydrogens is 376 g/mol. The van der Waals surface area contributed by atoms with E-state index in [0.29, 0.717) is 22.8 Å². The lowest BCUT2D eigenvalue weighted by Crippen LogP contribution is -2.28. The minimum atomic E-state index is -0.683. The van der Waals surface area contributed by atoms with Crippen LogP contribution in [0.25, 0.3) is 0 Å². The highest BCUT2D eigenvalue weighted by molar-refractivity contribution is 8.00. The minimum Gasteiger partial charge on any atom is -0.493 e.